The number of hydrogen-bond acceptors (Lipinski definition) is 2. The maximum atomic E-state index is 12.3. The van der Waals surface area contributed by atoms with E-state index in [4.69, 9.17) is 0 Å². The summed E-state index contributed by atoms with van der Waals surface area (Å²) < 4.78 is 1.73. The van der Waals surface area contributed by atoms with Crippen molar-refractivity contribution in [2.45, 2.75) is 32.4 Å². The molecule has 2 amide bonds. The summed E-state index contributed by atoms with van der Waals surface area (Å²) in [6.07, 6.45) is 5.46. The molecule has 5 nitrogen and oxygen atoms in total. The van der Waals surface area contributed by atoms with E-state index in [9.17, 15) is 4.79 Å². The van der Waals surface area contributed by atoms with Crippen LogP contribution in [0, 0.1) is 0 Å². The molecule has 0 aliphatic rings. The van der Waals surface area contributed by atoms with Crippen LogP contribution in [0.25, 0.3) is 0 Å². The third-order valence-corrected chi connectivity index (χ3v) is 3.86. The van der Waals surface area contributed by atoms with Crippen LogP contribution in [0.1, 0.15) is 24.5 Å². The van der Waals surface area contributed by atoms with Crippen LogP contribution in [0.4, 0.5) is 4.79 Å². The summed E-state index contributed by atoms with van der Waals surface area (Å²) in [5.74, 6) is 0. The van der Waals surface area contributed by atoms with Gasteiger partial charge in [-0.3, -0.25) is 4.68 Å². The molecule has 0 aliphatic carbocycles. The van der Waals surface area contributed by atoms with E-state index in [2.05, 4.69) is 29.5 Å². The summed E-state index contributed by atoms with van der Waals surface area (Å²) in [5, 5.41) is 7.04. The van der Waals surface area contributed by atoms with Gasteiger partial charge >= 0.3 is 6.03 Å². The summed E-state index contributed by atoms with van der Waals surface area (Å²) >= 11 is 0. The number of carbonyl (C=O) groups is 1. The van der Waals surface area contributed by atoms with Crippen molar-refractivity contribution in [3.63, 3.8) is 0 Å². The van der Waals surface area contributed by atoms with E-state index in [1.54, 1.807) is 15.8 Å². The molecule has 2 aromatic rings. The molecule has 0 fully saturated rings. The van der Waals surface area contributed by atoms with Crippen LogP contribution < -0.4 is 5.32 Å². The smallest absolute Gasteiger partial charge is 0.317 e. The maximum Gasteiger partial charge on any atom is 0.317 e. The normalized spacial score (nSPS) is 12.0. The highest BCUT2D eigenvalue weighted by atomic mass is 16.2. The molecule has 0 spiro atoms. The van der Waals surface area contributed by atoms with Crippen molar-refractivity contribution >= 4 is 6.03 Å². The molecule has 0 bridgehead atoms. The molecule has 0 saturated heterocycles. The van der Waals surface area contributed by atoms with Gasteiger partial charge in [0, 0.05) is 38.4 Å². The van der Waals surface area contributed by atoms with E-state index in [1.165, 1.54) is 5.56 Å². The van der Waals surface area contributed by atoms with Crippen LogP contribution in [0.2, 0.25) is 0 Å². The Morgan fingerprint density at radius 2 is 2.05 bits per heavy atom. The molecule has 2 rings (SSSR count). The van der Waals surface area contributed by atoms with Crippen molar-refractivity contribution in [2.75, 3.05) is 7.05 Å². The van der Waals surface area contributed by atoms with Gasteiger partial charge in [0.2, 0.25) is 0 Å². The highest BCUT2D eigenvalue weighted by Gasteiger charge is 2.18. The van der Waals surface area contributed by atoms with Gasteiger partial charge < -0.3 is 10.2 Å². The van der Waals surface area contributed by atoms with Crippen LogP contribution in [0.5, 0.6) is 0 Å². The minimum absolute atomic E-state index is 0.0494. The van der Waals surface area contributed by atoms with Gasteiger partial charge in [0.1, 0.15) is 0 Å². The van der Waals surface area contributed by atoms with E-state index in [0.29, 0.717) is 6.54 Å². The number of amides is 2. The Morgan fingerprint density at radius 1 is 1.32 bits per heavy atom. The van der Waals surface area contributed by atoms with E-state index in [-0.39, 0.29) is 12.1 Å². The lowest BCUT2D eigenvalue weighted by Gasteiger charge is -2.27. The molecule has 22 heavy (non-hydrogen) atoms. The molecule has 0 aliphatic heterocycles. The summed E-state index contributed by atoms with van der Waals surface area (Å²) in [6.45, 7) is 2.61. The first kappa shape index (κ1) is 16.1. The average Bonchev–Trinajstić information content (AvgIpc) is 2.96. The molecule has 1 N–H and O–H groups in total. The quantitative estimate of drug-likeness (QED) is 0.891. The number of benzene rings is 1. The number of aryl methyl sites for hydroxylation is 1. The van der Waals surface area contributed by atoms with Crippen molar-refractivity contribution in [1.82, 2.24) is 20.0 Å². The van der Waals surface area contributed by atoms with E-state index < -0.39 is 0 Å². The highest BCUT2D eigenvalue weighted by Crippen LogP contribution is 2.11. The van der Waals surface area contributed by atoms with Gasteiger partial charge in [-0.05, 0) is 18.4 Å². The Balaban J connectivity index is 1.89. The molecule has 1 aromatic carbocycles. The van der Waals surface area contributed by atoms with Crippen molar-refractivity contribution in [2.24, 2.45) is 7.05 Å². The fourth-order valence-electron chi connectivity index (χ4n) is 2.47. The van der Waals surface area contributed by atoms with Crippen LogP contribution in [0.3, 0.4) is 0 Å². The number of nitrogens with one attached hydrogen (secondary N) is 1. The zero-order chi connectivity index (χ0) is 15.9. The molecular weight excluding hydrogens is 276 g/mol. The summed E-state index contributed by atoms with van der Waals surface area (Å²) in [4.78, 5) is 14.1. The van der Waals surface area contributed by atoms with Crippen LogP contribution >= 0.6 is 0 Å². The zero-order valence-electron chi connectivity index (χ0n) is 13.5. The molecular formula is C17H24N4O. The number of likely N-dealkylation sites (N-methyl/N-ethyl adjacent to an activating group) is 1. The fraction of sp³-hybridized carbons (Fsp3) is 0.412. The Kier molecular flexibility index (Phi) is 5.58. The van der Waals surface area contributed by atoms with Crippen molar-refractivity contribution in [3.05, 3.63) is 53.9 Å². The lowest BCUT2D eigenvalue weighted by atomic mass is 10.0. The minimum Gasteiger partial charge on any atom is -0.334 e. The lowest BCUT2D eigenvalue weighted by molar-refractivity contribution is 0.187. The summed E-state index contributed by atoms with van der Waals surface area (Å²) in [5.41, 5.74) is 2.25. The Bertz CT molecular complexity index is 594. The summed E-state index contributed by atoms with van der Waals surface area (Å²) in [7, 11) is 3.72. The fourth-order valence-corrected chi connectivity index (χ4v) is 2.47. The number of hydrogen-bond donors (Lipinski definition) is 1. The average molecular weight is 300 g/mol. The third kappa shape index (κ3) is 4.35. The van der Waals surface area contributed by atoms with Gasteiger partial charge in [-0.25, -0.2) is 4.79 Å². The topological polar surface area (TPSA) is 50.2 Å². The first-order chi connectivity index (χ1) is 10.6. The summed E-state index contributed by atoms with van der Waals surface area (Å²) in [6, 6.07) is 10.4. The van der Waals surface area contributed by atoms with E-state index >= 15 is 0 Å². The van der Waals surface area contributed by atoms with Gasteiger partial charge in [0.25, 0.3) is 0 Å². The second-order valence-electron chi connectivity index (χ2n) is 5.54. The van der Waals surface area contributed by atoms with Crippen LogP contribution in [-0.2, 0) is 20.0 Å². The Labute approximate surface area is 131 Å². The predicted octanol–water partition coefficient (Wildman–Crippen LogP) is 2.58. The van der Waals surface area contributed by atoms with Crippen LogP contribution in [0.15, 0.2) is 42.7 Å². The van der Waals surface area contributed by atoms with Crippen molar-refractivity contribution in [3.8, 4) is 0 Å². The number of nitrogens with zero attached hydrogens (tertiary/aromatic N) is 3. The highest BCUT2D eigenvalue weighted by molar-refractivity contribution is 5.74. The van der Waals surface area contributed by atoms with Gasteiger partial charge in [0.15, 0.2) is 0 Å². The Hall–Kier alpha value is -2.30. The maximum absolute atomic E-state index is 12.3. The minimum atomic E-state index is -0.0494. The van der Waals surface area contributed by atoms with Gasteiger partial charge in [0.05, 0.1) is 6.20 Å². The first-order valence-corrected chi connectivity index (χ1v) is 7.62. The number of urea groups is 1. The number of rotatable bonds is 6. The molecule has 0 saturated carbocycles. The molecule has 0 unspecified atom stereocenters. The largest absolute Gasteiger partial charge is 0.334 e. The Morgan fingerprint density at radius 3 is 2.64 bits per heavy atom. The number of carbonyl (C=O) groups excluding carboxylic acids is 1. The van der Waals surface area contributed by atoms with Gasteiger partial charge in [-0.1, -0.05) is 37.3 Å². The van der Waals surface area contributed by atoms with Crippen molar-refractivity contribution in [1.29, 1.82) is 0 Å². The second kappa shape index (κ2) is 7.64. The van der Waals surface area contributed by atoms with E-state index in [0.717, 1.165) is 18.4 Å². The molecule has 1 heterocycles. The van der Waals surface area contributed by atoms with Gasteiger partial charge in [-0.15, -0.1) is 0 Å². The molecule has 118 valence electrons. The molecule has 1 aromatic heterocycles. The zero-order valence-corrected chi connectivity index (χ0v) is 13.5. The number of aromatic nitrogens is 2. The monoisotopic (exact) mass is 300 g/mol. The van der Waals surface area contributed by atoms with Crippen LogP contribution in [-0.4, -0.2) is 33.8 Å². The van der Waals surface area contributed by atoms with Gasteiger partial charge in [-0.2, -0.15) is 5.10 Å². The predicted molar refractivity (Wildman–Crippen MR) is 87.4 cm³/mol. The molecule has 0 radical (unpaired) electrons. The lowest BCUT2D eigenvalue weighted by Crippen LogP contribution is -2.44. The molecule has 1 atom stereocenters. The third-order valence-electron chi connectivity index (χ3n) is 3.86. The molecule has 5 heteroatoms. The SMILES string of the molecule is CC[C@@H](Cc1ccccc1)N(C)C(=O)NCc1cnn(C)c1. The second-order valence-corrected chi connectivity index (χ2v) is 5.54. The standard InChI is InChI=1S/C17H24N4O/c1-4-16(10-14-8-6-5-7-9-14)21(3)17(22)18-11-15-12-19-20(2)13-15/h5-9,12-13,16H,4,10-11H2,1-3H3,(H,18,22)/t16-/m0/s1. The van der Waals surface area contributed by atoms with E-state index in [1.807, 2.05) is 38.5 Å². The first-order valence-electron chi connectivity index (χ1n) is 7.62. The van der Waals surface area contributed by atoms with Crippen molar-refractivity contribution < 1.29 is 4.79 Å².